The zero-order valence-corrected chi connectivity index (χ0v) is 17.6. The number of carbonyl (C=O) groups excluding carboxylic acids is 1. The molecule has 0 aliphatic carbocycles. The molecule has 0 saturated carbocycles. The summed E-state index contributed by atoms with van der Waals surface area (Å²) in [6.07, 6.45) is 1.57. The van der Waals surface area contributed by atoms with Crippen molar-refractivity contribution in [1.82, 2.24) is 5.43 Å². The van der Waals surface area contributed by atoms with E-state index in [1.807, 2.05) is 71.1 Å². The van der Waals surface area contributed by atoms with Gasteiger partial charge in [0, 0.05) is 20.4 Å². The second-order valence-corrected chi connectivity index (χ2v) is 8.24. The van der Waals surface area contributed by atoms with Gasteiger partial charge in [-0.15, -0.1) is 0 Å². The maximum atomic E-state index is 12.0. The maximum Gasteiger partial charge on any atom is 0.271 e. The van der Waals surface area contributed by atoms with Gasteiger partial charge in [-0.05, 0) is 82.8 Å². The first-order valence-electron chi connectivity index (χ1n) is 7.87. The number of nitrogens with one attached hydrogen (secondary N) is 1. The lowest BCUT2D eigenvalue weighted by atomic mass is 10.2. The third kappa shape index (κ3) is 5.72. The Hall–Kier alpha value is -2.03. The topological polar surface area (TPSA) is 61.7 Å². The molecule has 136 valence electrons. The van der Waals surface area contributed by atoms with Crippen LogP contribution in [0.4, 0.5) is 0 Å². The molecule has 3 aromatic carbocycles. The summed E-state index contributed by atoms with van der Waals surface area (Å²) in [6, 6.07) is 20.2. The summed E-state index contributed by atoms with van der Waals surface area (Å²) in [4.78, 5) is 14.2. The van der Waals surface area contributed by atoms with E-state index in [4.69, 9.17) is 11.6 Å². The maximum absolute atomic E-state index is 12.0. The third-order valence-electron chi connectivity index (χ3n) is 3.52. The minimum Gasteiger partial charge on any atom is -0.507 e. The van der Waals surface area contributed by atoms with Crippen LogP contribution in [-0.2, 0) is 0 Å². The molecule has 3 aromatic rings. The van der Waals surface area contributed by atoms with Gasteiger partial charge in [-0.25, -0.2) is 5.43 Å². The van der Waals surface area contributed by atoms with Gasteiger partial charge in [-0.2, -0.15) is 5.10 Å². The Morgan fingerprint density at radius 1 is 1.04 bits per heavy atom. The van der Waals surface area contributed by atoms with E-state index in [1.54, 1.807) is 30.1 Å². The molecule has 2 N–H and O–H groups in total. The van der Waals surface area contributed by atoms with E-state index in [2.05, 4.69) is 10.5 Å². The van der Waals surface area contributed by atoms with Crippen LogP contribution in [0.2, 0.25) is 5.02 Å². The summed E-state index contributed by atoms with van der Waals surface area (Å²) in [7, 11) is 0. The normalized spacial score (nSPS) is 10.9. The highest BCUT2D eigenvalue weighted by molar-refractivity contribution is 14.1. The number of rotatable bonds is 5. The number of hydrogen-bond donors (Lipinski definition) is 2. The highest BCUT2D eigenvalue weighted by Crippen LogP contribution is 2.28. The number of hydrazone groups is 1. The van der Waals surface area contributed by atoms with E-state index in [9.17, 15) is 9.90 Å². The Balaban J connectivity index is 1.58. The largest absolute Gasteiger partial charge is 0.507 e. The number of amides is 1. The molecule has 0 heterocycles. The van der Waals surface area contributed by atoms with Crippen molar-refractivity contribution in [2.75, 3.05) is 0 Å². The number of phenols is 1. The lowest BCUT2D eigenvalue weighted by Crippen LogP contribution is -2.17. The molecule has 0 unspecified atom stereocenters. The van der Waals surface area contributed by atoms with Gasteiger partial charge in [-0.3, -0.25) is 4.79 Å². The minimum atomic E-state index is -0.382. The molecule has 0 aliphatic heterocycles. The van der Waals surface area contributed by atoms with Crippen molar-refractivity contribution < 1.29 is 9.90 Å². The molecule has 0 radical (unpaired) electrons. The van der Waals surface area contributed by atoms with Gasteiger partial charge in [0.15, 0.2) is 0 Å². The Bertz CT molecular complexity index is 976. The van der Waals surface area contributed by atoms with Crippen molar-refractivity contribution in [3.8, 4) is 5.75 Å². The van der Waals surface area contributed by atoms with E-state index in [-0.39, 0.29) is 11.7 Å². The van der Waals surface area contributed by atoms with Crippen molar-refractivity contribution >= 4 is 58.1 Å². The average Bonchev–Trinajstić information content (AvgIpc) is 2.67. The van der Waals surface area contributed by atoms with E-state index < -0.39 is 0 Å². The van der Waals surface area contributed by atoms with Gasteiger partial charge in [0.05, 0.1) is 9.78 Å². The number of phenolic OH excluding ortho intramolecular Hbond substituents is 1. The first kappa shape index (κ1) is 19.7. The number of hydrogen-bond acceptors (Lipinski definition) is 4. The van der Waals surface area contributed by atoms with E-state index in [0.717, 1.165) is 15.4 Å². The lowest BCUT2D eigenvalue weighted by Gasteiger charge is -2.03. The first-order chi connectivity index (χ1) is 13.0. The van der Waals surface area contributed by atoms with Crippen molar-refractivity contribution in [3.63, 3.8) is 0 Å². The Morgan fingerprint density at radius 3 is 2.30 bits per heavy atom. The predicted molar refractivity (Wildman–Crippen MR) is 118 cm³/mol. The summed E-state index contributed by atoms with van der Waals surface area (Å²) in [5.74, 6) is -0.311. The molecule has 3 rings (SSSR count). The number of nitrogens with zero attached hydrogens (tertiary/aromatic N) is 1. The number of benzene rings is 3. The lowest BCUT2D eigenvalue weighted by molar-refractivity contribution is 0.0954. The van der Waals surface area contributed by atoms with E-state index in [1.165, 1.54) is 6.07 Å². The number of halogens is 2. The quantitative estimate of drug-likeness (QED) is 0.269. The molecule has 0 spiro atoms. The molecule has 27 heavy (non-hydrogen) atoms. The molecular formula is C20H14ClIN2O2S. The van der Waals surface area contributed by atoms with Crippen molar-refractivity contribution in [2.45, 2.75) is 9.79 Å². The van der Waals surface area contributed by atoms with Crippen LogP contribution < -0.4 is 5.43 Å². The SMILES string of the molecule is O=C(N/N=C\c1ccc(Sc2ccc(Cl)cc2)cc1)c1ccc(I)c(O)c1. The van der Waals surface area contributed by atoms with Gasteiger partial charge < -0.3 is 5.11 Å². The molecular weight excluding hydrogens is 495 g/mol. The van der Waals surface area contributed by atoms with E-state index >= 15 is 0 Å². The monoisotopic (exact) mass is 508 g/mol. The summed E-state index contributed by atoms with van der Waals surface area (Å²) in [5, 5.41) is 14.3. The van der Waals surface area contributed by atoms with Crippen molar-refractivity contribution in [2.24, 2.45) is 5.10 Å². The molecule has 0 saturated heterocycles. The van der Waals surface area contributed by atoms with Crippen molar-refractivity contribution in [3.05, 3.63) is 86.4 Å². The van der Waals surface area contributed by atoms with Gasteiger partial charge in [0.1, 0.15) is 5.75 Å². The van der Waals surface area contributed by atoms with Crippen molar-refractivity contribution in [1.29, 1.82) is 0 Å². The molecule has 0 aliphatic rings. The summed E-state index contributed by atoms with van der Waals surface area (Å²) < 4.78 is 0.684. The molecule has 0 atom stereocenters. The number of aromatic hydroxyl groups is 1. The molecule has 7 heteroatoms. The van der Waals surface area contributed by atoms with Gasteiger partial charge in [-0.1, -0.05) is 35.5 Å². The van der Waals surface area contributed by atoms with Crippen LogP contribution in [0, 0.1) is 3.57 Å². The zero-order valence-electron chi connectivity index (χ0n) is 13.9. The van der Waals surface area contributed by atoms with Crippen LogP contribution in [0.1, 0.15) is 15.9 Å². The second kappa shape index (κ2) is 9.25. The molecule has 0 bridgehead atoms. The van der Waals surface area contributed by atoms with Crippen LogP contribution in [0.5, 0.6) is 5.75 Å². The van der Waals surface area contributed by atoms with Gasteiger partial charge >= 0.3 is 0 Å². The van der Waals surface area contributed by atoms with Crippen LogP contribution in [0.25, 0.3) is 0 Å². The Kier molecular flexibility index (Phi) is 6.76. The average molecular weight is 509 g/mol. The van der Waals surface area contributed by atoms with E-state index in [0.29, 0.717) is 14.2 Å². The van der Waals surface area contributed by atoms with Crippen LogP contribution in [0.3, 0.4) is 0 Å². The van der Waals surface area contributed by atoms with Crippen LogP contribution in [-0.4, -0.2) is 17.2 Å². The summed E-state index contributed by atoms with van der Waals surface area (Å²) >= 11 is 9.52. The minimum absolute atomic E-state index is 0.0704. The fraction of sp³-hybridized carbons (Fsp3) is 0. The zero-order chi connectivity index (χ0) is 19.2. The predicted octanol–water partition coefficient (Wildman–Crippen LogP) is 5.57. The Morgan fingerprint density at radius 2 is 1.67 bits per heavy atom. The molecule has 4 nitrogen and oxygen atoms in total. The van der Waals surface area contributed by atoms with Crippen LogP contribution in [0.15, 0.2) is 81.6 Å². The second-order valence-electron chi connectivity index (χ2n) is 5.49. The highest BCUT2D eigenvalue weighted by Gasteiger charge is 2.07. The standard InChI is InChI=1S/C20H14ClIN2O2S/c21-15-4-8-17(9-5-15)27-16-6-1-13(2-7-16)12-23-24-20(26)14-3-10-18(22)19(25)11-14/h1-12,25H,(H,24,26)/b23-12-. The van der Waals surface area contributed by atoms with Gasteiger partial charge in [0.2, 0.25) is 0 Å². The fourth-order valence-electron chi connectivity index (χ4n) is 2.14. The highest BCUT2D eigenvalue weighted by atomic mass is 127. The fourth-order valence-corrected chi connectivity index (χ4v) is 3.42. The van der Waals surface area contributed by atoms with Crippen LogP contribution >= 0.6 is 46.0 Å². The summed E-state index contributed by atoms with van der Waals surface area (Å²) in [6.45, 7) is 0. The third-order valence-corrected chi connectivity index (χ3v) is 5.70. The molecule has 0 aromatic heterocycles. The Labute approximate surface area is 179 Å². The van der Waals surface area contributed by atoms with Gasteiger partial charge in [0.25, 0.3) is 5.91 Å². The number of carbonyl (C=O) groups is 1. The molecule has 0 fully saturated rings. The first-order valence-corrected chi connectivity index (χ1v) is 10.1. The molecule has 1 amide bonds. The summed E-state index contributed by atoms with van der Waals surface area (Å²) in [5.41, 5.74) is 3.66. The smallest absolute Gasteiger partial charge is 0.271 e.